The van der Waals surface area contributed by atoms with Crippen molar-refractivity contribution in [2.75, 3.05) is 32.8 Å². The molecule has 1 atom stereocenters. The Morgan fingerprint density at radius 2 is 2.04 bits per heavy atom. The molecule has 2 heterocycles. The maximum atomic E-state index is 13.1. The highest BCUT2D eigenvalue weighted by molar-refractivity contribution is 5.96. The fourth-order valence-corrected chi connectivity index (χ4v) is 4.44. The molecule has 1 aromatic carbocycles. The molecule has 5 nitrogen and oxygen atoms in total. The van der Waals surface area contributed by atoms with Crippen molar-refractivity contribution in [3.63, 3.8) is 0 Å². The van der Waals surface area contributed by atoms with Crippen molar-refractivity contribution >= 4 is 11.8 Å². The number of hydrogen-bond donors (Lipinski definition) is 1. The van der Waals surface area contributed by atoms with Gasteiger partial charge in [-0.2, -0.15) is 0 Å². The van der Waals surface area contributed by atoms with Crippen LogP contribution < -0.4 is 0 Å². The first-order chi connectivity index (χ1) is 12.5. The zero-order valence-electron chi connectivity index (χ0n) is 16.0. The normalized spacial score (nSPS) is 23.6. The molecular formula is C21H30N2O3. The largest absolute Gasteiger partial charge is 0.396 e. The van der Waals surface area contributed by atoms with Gasteiger partial charge in [0.2, 0.25) is 5.91 Å². The van der Waals surface area contributed by atoms with E-state index >= 15 is 0 Å². The highest BCUT2D eigenvalue weighted by Crippen LogP contribution is 2.39. The molecule has 2 amide bonds. The van der Waals surface area contributed by atoms with Gasteiger partial charge in [-0.3, -0.25) is 9.59 Å². The highest BCUT2D eigenvalue weighted by atomic mass is 16.3. The van der Waals surface area contributed by atoms with E-state index in [4.69, 9.17) is 5.11 Å². The van der Waals surface area contributed by atoms with E-state index in [1.54, 1.807) is 0 Å². The number of piperidine rings is 2. The summed E-state index contributed by atoms with van der Waals surface area (Å²) in [6.07, 6.45) is 4.08. The molecule has 0 aromatic heterocycles. The maximum Gasteiger partial charge on any atom is 0.254 e. The molecule has 0 radical (unpaired) electrons. The number of benzene rings is 1. The van der Waals surface area contributed by atoms with Crippen LogP contribution in [-0.4, -0.2) is 59.5 Å². The Balaban J connectivity index is 1.75. The Morgan fingerprint density at radius 1 is 1.23 bits per heavy atom. The standard InChI is InChI=1S/C21H30N2O3/c1-16-6-3-7-18(17(16)2)20(26)23-11-4-9-21(15-23)10-8-19(25)22(14-21)12-5-13-24/h3,6-7,24H,4-5,8-15H2,1-2H3/t21-/m1/s1. The zero-order chi connectivity index (χ0) is 18.7. The Bertz CT molecular complexity index is 688. The molecule has 0 saturated carbocycles. The summed E-state index contributed by atoms with van der Waals surface area (Å²) in [7, 11) is 0. The third-order valence-electron chi connectivity index (χ3n) is 6.12. The molecule has 5 heteroatoms. The zero-order valence-corrected chi connectivity index (χ0v) is 16.0. The van der Waals surface area contributed by atoms with E-state index < -0.39 is 0 Å². The summed E-state index contributed by atoms with van der Waals surface area (Å²) in [4.78, 5) is 29.2. The number of likely N-dealkylation sites (tertiary alicyclic amines) is 2. The van der Waals surface area contributed by atoms with E-state index in [1.807, 2.05) is 41.8 Å². The van der Waals surface area contributed by atoms with Crippen LogP contribution in [0, 0.1) is 19.3 Å². The Labute approximate surface area is 156 Å². The lowest BCUT2D eigenvalue weighted by Crippen LogP contribution is -2.55. The molecule has 1 aromatic rings. The lowest BCUT2D eigenvalue weighted by Gasteiger charge is -2.48. The van der Waals surface area contributed by atoms with Gasteiger partial charge in [0.1, 0.15) is 0 Å². The van der Waals surface area contributed by atoms with E-state index in [0.29, 0.717) is 25.9 Å². The highest BCUT2D eigenvalue weighted by Gasteiger charge is 2.42. The second kappa shape index (κ2) is 7.78. The van der Waals surface area contributed by atoms with Crippen LogP contribution in [0.3, 0.4) is 0 Å². The van der Waals surface area contributed by atoms with Crippen LogP contribution in [0.2, 0.25) is 0 Å². The molecule has 142 valence electrons. The lowest BCUT2D eigenvalue weighted by molar-refractivity contribution is -0.139. The number of carbonyl (C=O) groups excluding carboxylic acids is 2. The van der Waals surface area contributed by atoms with Crippen LogP contribution in [0.5, 0.6) is 0 Å². The molecule has 2 saturated heterocycles. The molecule has 0 aliphatic carbocycles. The molecule has 1 N–H and O–H groups in total. The molecule has 0 bridgehead atoms. The molecular weight excluding hydrogens is 328 g/mol. The van der Waals surface area contributed by atoms with Gasteiger partial charge in [0.05, 0.1) is 0 Å². The van der Waals surface area contributed by atoms with Crippen molar-refractivity contribution in [1.29, 1.82) is 0 Å². The summed E-state index contributed by atoms with van der Waals surface area (Å²) < 4.78 is 0. The summed E-state index contributed by atoms with van der Waals surface area (Å²) in [6.45, 7) is 6.99. The second-order valence-corrected chi connectivity index (χ2v) is 7.97. The van der Waals surface area contributed by atoms with E-state index in [-0.39, 0.29) is 23.8 Å². The molecule has 2 fully saturated rings. The second-order valence-electron chi connectivity index (χ2n) is 7.97. The fourth-order valence-electron chi connectivity index (χ4n) is 4.44. The topological polar surface area (TPSA) is 60.9 Å². The van der Waals surface area contributed by atoms with Crippen molar-refractivity contribution in [1.82, 2.24) is 9.80 Å². The van der Waals surface area contributed by atoms with Crippen molar-refractivity contribution in [3.05, 3.63) is 34.9 Å². The van der Waals surface area contributed by atoms with Gasteiger partial charge in [-0.1, -0.05) is 12.1 Å². The van der Waals surface area contributed by atoms with Crippen LogP contribution in [-0.2, 0) is 4.79 Å². The quantitative estimate of drug-likeness (QED) is 0.900. The summed E-state index contributed by atoms with van der Waals surface area (Å²) in [5.74, 6) is 0.297. The van der Waals surface area contributed by atoms with Crippen molar-refractivity contribution in [2.24, 2.45) is 5.41 Å². The summed E-state index contributed by atoms with van der Waals surface area (Å²) >= 11 is 0. The van der Waals surface area contributed by atoms with E-state index in [1.165, 1.54) is 0 Å². The van der Waals surface area contributed by atoms with Gasteiger partial charge in [-0.15, -0.1) is 0 Å². The molecule has 2 aliphatic heterocycles. The molecule has 1 spiro atoms. The number of nitrogens with zero attached hydrogens (tertiary/aromatic N) is 2. The predicted molar refractivity (Wildman–Crippen MR) is 101 cm³/mol. The number of aliphatic hydroxyl groups is 1. The van der Waals surface area contributed by atoms with Gasteiger partial charge in [0.15, 0.2) is 0 Å². The summed E-state index contributed by atoms with van der Waals surface area (Å²) in [6, 6.07) is 5.91. The Morgan fingerprint density at radius 3 is 2.81 bits per heavy atom. The number of amides is 2. The average Bonchev–Trinajstić information content (AvgIpc) is 2.64. The lowest BCUT2D eigenvalue weighted by atomic mass is 9.73. The predicted octanol–water partition coefficient (Wildman–Crippen LogP) is 2.53. The first kappa shape index (κ1) is 18.9. The van der Waals surface area contributed by atoms with Crippen molar-refractivity contribution in [2.45, 2.75) is 46.0 Å². The Kier molecular flexibility index (Phi) is 5.66. The van der Waals surface area contributed by atoms with Crippen molar-refractivity contribution in [3.8, 4) is 0 Å². The molecule has 2 aliphatic rings. The van der Waals surface area contributed by atoms with Crippen molar-refractivity contribution < 1.29 is 14.7 Å². The minimum Gasteiger partial charge on any atom is -0.396 e. The van der Waals surface area contributed by atoms with Gasteiger partial charge < -0.3 is 14.9 Å². The number of carbonyl (C=O) groups is 2. The summed E-state index contributed by atoms with van der Waals surface area (Å²) in [5.41, 5.74) is 3.00. The van der Waals surface area contributed by atoms with Crippen LogP contribution in [0.4, 0.5) is 0 Å². The molecule has 0 unspecified atom stereocenters. The van der Waals surface area contributed by atoms with Gasteiger partial charge >= 0.3 is 0 Å². The number of aliphatic hydroxyl groups excluding tert-OH is 1. The van der Waals surface area contributed by atoms with Crippen LogP contribution >= 0.6 is 0 Å². The maximum absolute atomic E-state index is 13.1. The molecule has 26 heavy (non-hydrogen) atoms. The Hall–Kier alpha value is -1.88. The fraction of sp³-hybridized carbons (Fsp3) is 0.619. The van der Waals surface area contributed by atoms with Crippen LogP contribution in [0.25, 0.3) is 0 Å². The van der Waals surface area contributed by atoms with E-state index in [0.717, 1.165) is 49.0 Å². The SMILES string of the molecule is Cc1cccc(C(=O)N2CCC[C@]3(CCC(=O)N(CCCO)C3)C2)c1C. The summed E-state index contributed by atoms with van der Waals surface area (Å²) in [5, 5.41) is 9.08. The van der Waals surface area contributed by atoms with Gasteiger partial charge in [0, 0.05) is 50.2 Å². The van der Waals surface area contributed by atoms with Crippen LogP contribution in [0.1, 0.15) is 53.6 Å². The monoisotopic (exact) mass is 358 g/mol. The van der Waals surface area contributed by atoms with E-state index in [2.05, 4.69) is 0 Å². The van der Waals surface area contributed by atoms with Gasteiger partial charge in [-0.05, 0) is 56.7 Å². The van der Waals surface area contributed by atoms with Gasteiger partial charge in [0.25, 0.3) is 5.91 Å². The molecule has 3 rings (SSSR count). The number of rotatable bonds is 4. The minimum absolute atomic E-state index is 0.00893. The first-order valence-electron chi connectivity index (χ1n) is 9.70. The number of hydrogen-bond acceptors (Lipinski definition) is 3. The number of aryl methyl sites for hydroxylation is 1. The third kappa shape index (κ3) is 3.78. The van der Waals surface area contributed by atoms with Crippen LogP contribution in [0.15, 0.2) is 18.2 Å². The third-order valence-corrected chi connectivity index (χ3v) is 6.12. The first-order valence-corrected chi connectivity index (χ1v) is 9.70. The average molecular weight is 358 g/mol. The minimum atomic E-state index is 0.00893. The van der Waals surface area contributed by atoms with E-state index in [9.17, 15) is 9.59 Å². The smallest absolute Gasteiger partial charge is 0.254 e. The van der Waals surface area contributed by atoms with Gasteiger partial charge in [-0.25, -0.2) is 0 Å².